The van der Waals surface area contributed by atoms with Crippen molar-refractivity contribution in [2.75, 3.05) is 12.4 Å². The molecule has 0 aliphatic heterocycles. The average Bonchev–Trinajstić information content (AvgIpc) is 2.32. The van der Waals surface area contributed by atoms with Crippen LogP contribution in [0.2, 0.25) is 0 Å². The molecule has 2 rings (SSSR count). The molecule has 0 amide bonds. The summed E-state index contributed by atoms with van der Waals surface area (Å²) in [5.74, 6) is 1.30. The van der Waals surface area contributed by atoms with Crippen molar-refractivity contribution in [2.24, 2.45) is 0 Å². The molecule has 94 valence electrons. The Balaban J connectivity index is 2.33. The molecule has 0 radical (unpaired) electrons. The van der Waals surface area contributed by atoms with Gasteiger partial charge in [-0.05, 0) is 19.4 Å². The van der Waals surface area contributed by atoms with E-state index in [1.54, 1.807) is 19.3 Å². The number of nitrogens with one attached hydrogen (secondary N) is 1. The molecule has 0 bridgehead atoms. The van der Waals surface area contributed by atoms with E-state index in [2.05, 4.69) is 20.4 Å². The van der Waals surface area contributed by atoms with Crippen LogP contribution in [0.5, 0.6) is 0 Å². The van der Waals surface area contributed by atoms with Crippen LogP contribution in [0.25, 0.3) is 0 Å². The molecular weight excluding hydrogens is 230 g/mol. The number of aryl methyl sites for hydroxylation is 2. The van der Waals surface area contributed by atoms with Crippen LogP contribution in [0, 0.1) is 13.8 Å². The summed E-state index contributed by atoms with van der Waals surface area (Å²) in [5.41, 5.74) is 1.55. The van der Waals surface area contributed by atoms with Gasteiger partial charge in [-0.1, -0.05) is 0 Å². The largest absolute Gasteiger partial charge is 0.373 e. The Labute approximate surface area is 105 Å². The van der Waals surface area contributed by atoms with Crippen LogP contribution in [0.4, 0.5) is 5.82 Å². The van der Waals surface area contributed by atoms with Crippen LogP contribution in [0.3, 0.4) is 0 Å². The summed E-state index contributed by atoms with van der Waals surface area (Å²) in [6.07, 6.45) is 1.65. The first-order valence-electron chi connectivity index (χ1n) is 5.64. The lowest BCUT2D eigenvalue weighted by Gasteiger charge is -2.06. The van der Waals surface area contributed by atoms with E-state index in [4.69, 9.17) is 0 Å². The van der Waals surface area contributed by atoms with Gasteiger partial charge in [-0.25, -0.2) is 14.6 Å². The van der Waals surface area contributed by atoms with E-state index in [1.165, 1.54) is 4.68 Å². The number of hydrogen-bond acceptors (Lipinski definition) is 5. The molecule has 1 N–H and O–H groups in total. The second kappa shape index (κ2) is 4.95. The number of nitrogens with zero attached hydrogens (tertiary/aromatic N) is 4. The standard InChI is InChI=1S/C12H15N5O/c1-8-4-12(18)17(14-6-8)7-11-15-9(2)5-10(13-3)16-11/h4-6H,7H2,1-3H3,(H,13,15,16). The molecule has 18 heavy (non-hydrogen) atoms. The lowest BCUT2D eigenvalue weighted by atomic mass is 10.3. The number of anilines is 1. The molecule has 0 saturated carbocycles. The van der Waals surface area contributed by atoms with E-state index in [0.717, 1.165) is 17.1 Å². The fourth-order valence-corrected chi connectivity index (χ4v) is 1.61. The Kier molecular flexibility index (Phi) is 3.36. The number of rotatable bonds is 3. The monoisotopic (exact) mass is 245 g/mol. The van der Waals surface area contributed by atoms with Gasteiger partial charge in [-0.3, -0.25) is 4.79 Å². The Morgan fingerprint density at radius 1 is 1.28 bits per heavy atom. The van der Waals surface area contributed by atoms with Crippen molar-refractivity contribution < 1.29 is 0 Å². The van der Waals surface area contributed by atoms with Gasteiger partial charge in [0.2, 0.25) is 0 Å². The topological polar surface area (TPSA) is 72.7 Å². The molecule has 6 heteroatoms. The maximum absolute atomic E-state index is 11.7. The summed E-state index contributed by atoms with van der Waals surface area (Å²) in [7, 11) is 1.79. The minimum atomic E-state index is -0.147. The Bertz CT molecular complexity index is 620. The number of aromatic nitrogens is 4. The normalized spacial score (nSPS) is 10.4. The smallest absolute Gasteiger partial charge is 0.267 e. The molecule has 2 aromatic heterocycles. The lowest BCUT2D eigenvalue weighted by molar-refractivity contribution is 0.611. The second-order valence-corrected chi connectivity index (χ2v) is 4.09. The Hall–Kier alpha value is -2.24. The molecule has 0 saturated heterocycles. The highest BCUT2D eigenvalue weighted by molar-refractivity contribution is 5.34. The van der Waals surface area contributed by atoms with E-state index in [-0.39, 0.29) is 12.1 Å². The van der Waals surface area contributed by atoms with Crippen molar-refractivity contribution in [3.8, 4) is 0 Å². The van der Waals surface area contributed by atoms with Crippen molar-refractivity contribution in [3.05, 3.63) is 45.8 Å². The zero-order valence-corrected chi connectivity index (χ0v) is 10.6. The fraction of sp³-hybridized carbons (Fsp3) is 0.333. The molecule has 0 fully saturated rings. The first-order valence-corrected chi connectivity index (χ1v) is 5.64. The zero-order chi connectivity index (χ0) is 13.1. The van der Waals surface area contributed by atoms with Crippen molar-refractivity contribution in [1.29, 1.82) is 0 Å². The summed E-state index contributed by atoms with van der Waals surface area (Å²) in [6, 6.07) is 3.39. The SMILES string of the molecule is CNc1cc(C)nc(Cn2ncc(C)cc2=O)n1. The molecule has 2 aromatic rings. The van der Waals surface area contributed by atoms with E-state index in [0.29, 0.717) is 5.82 Å². The van der Waals surface area contributed by atoms with Crippen molar-refractivity contribution in [1.82, 2.24) is 19.7 Å². The molecule has 0 aliphatic rings. The number of hydrogen-bond donors (Lipinski definition) is 1. The van der Waals surface area contributed by atoms with Crippen LogP contribution in [0.1, 0.15) is 17.1 Å². The quantitative estimate of drug-likeness (QED) is 0.863. The van der Waals surface area contributed by atoms with E-state index < -0.39 is 0 Å². The predicted molar refractivity (Wildman–Crippen MR) is 68.7 cm³/mol. The summed E-state index contributed by atoms with van der Waals surface area (Å²) < 4.78 is 1.35. The highest BCUT2D eigenvalue weighted by atomic mass is 16.1. The van der Waals surface area contributed by atoms with Gasteiger partial charge in [0.05, 0.1) is 6.20 Å². The average molecular weight is 245 g/mol. The van der Waals surface area contributed by atoms with E-state index in [1.807, 2.05) is 19.9 Å². The third-order valence-corrected chi connectivity index (χ3v) is 2.45. The maximum atomic E-state index is 11.7. The van der Waals surface area contributed by atoms with Crippen LogP contribution in [-0.2, 0) is 6.54 Å². The predicted octanol–water partition coefficient (Wildman–Crippen LogP) is 0.740. The molecule has 0 aromatic carbocycles. The summed E-state index contributed by atoms with van der Waals surface area (Å²) in [6.45, 7) is 3.99. The van der Waals surface area contributed by atoms with Gasteiger partial charge in [0.15, 0.2) is 5.82 Å². The van der Waals surface area contributed by atoms with Crippen molar-refractivity contribution in [2.45, 2.75) is 20.4 Å². The van der Waals surface area contributed by atoms with E-state index >= 15 is 0 Å². The third-order valence-electron chi connectivity index (χ3n) is 2.45. The highest BCUT2D eigenvalue weighted by Crippen LogP contribution is 2.05. The maximum Gasteiger partial charge on any atom is 0.267 e. The van der Waals surface area contributed by atoms with Gasteiger partial charge >= 0.3 is 0 Å². The molecular formula is C12H15N5O. The summed E-state index contributed by atoms with van der Waals surface area (Å²) in [4.78, 5) is 20.3. The molecule has 0 spiro atoms. The van der Waals surface area contributed by atoms with Crippen molar-refractivity contribution in [3.63, 3.8) is 0 Å². The van der Waals surface area contributed by atoms with Gasteiger partial charge in [-0.2, -0.15) is 5.10 Å². The minimum absolute atomic E-state index is 0.147. The van der Waals surface area contributed by atoms with Crippen molar-refractivity contribution >= 4 is 5.82 Å². The zero-order valence-electron chi connectivity index (χ0n) is 10.6. The van der Waals surface area contributed by atoms with Gasteiger partial charge in [0, 0.05) is 24.9 Å². The van der Waals surface area contributed by atoms with E-state index in [9.17, 15) is 4.79 Å². The first kappa shape index (κ1) is 12.2. The van der Waals surface area contributed by atoms with Crippen LogP contribution in [-0.4, -0.2) is 26.8 Å². The van der Waals surface area contributed by atoms with Crippen LogP contribution >= 0.6 is 0 Å². The fourth-order valence-electron chi connectivity index (χ4n) is 1.61. The Morgan fingerprint density at radius 2 is 2.06 bits per heavy atom. The molecule has 6 nitrogen and oxygen atoms in total. The second-order valence-electron chi connectivity index (χ2n) is 4.09. The van der Waals surface area contributed by atoms with Crippen LogP contribution in [0.15, 0.2) is 23.1 Å². The Morgan fingerprint density at radius 3 is 2.72 bits per heavy atom. The molecule has 0 aliphatic carbocycles. The molecule has 0 atom stereocenters. The van der Waals surface area contributed by atoms with Gasteiger partial charge in [0.25, 0.3) is 5.56 Å². The van der Waals surface area contributed by atoms with Gasteiger partial charge in [0.1, 0.15) is 12.4 Å². The minimum Gasteiger partial charge on any atom is -0.373 e. The van der Waals surface area contributed by atoms with Crippen LogP contribution < -0.4 is 10.9 Å². The van der Waals surface area contributed by atoms with Gasteiger partial charge in [-0.15, -0.1) is 0 Å². The highest BCUT2D eigenvalue weighted by Gasteiger charge is 2.04. The van der Waals surface area contributed by atoms with Gasteiger partial charge < -0.3 is 5.32 Å². The first-order chi connectivity index (χ1) is 8.58. The lowest BCUT2D eigenvalue weighted by Crippen LogP contribution is -2.24. The molecule has 2 heterocycles. The summed E-state index contributed by atoms with van der Waals surface area (Å²) in [5, 5.41) is 7.02. The third kappa shape index (κ3) is 2.71. The summed E-state index contributed by atoms with van der Waals surface area (Å²) >= 11 is 0. The molecule has 0 unspecified atom stereocenters.